The molecule has 1 atom stereocenters. The second kappa shape index (κ2) is 5.73. The van der Waals surface area contributed by atoms with Crippen LogP contribution in [0.1, 0.15) is 6.92 Å². The summed E-state index contributed by atoms with van der Waals surface area (Å²) in [6, 6.07) is 2.14. The van der Waals surface area contributed by atoms with Gasteiger partial charge in [-0.3, -0.25) is 19.8 Å². The Morgan fingerprint density at radius 1 is 1.57 bits per heavy atom. The van der Waals surface area contributed by atoms with Crippen LogP contribution in [0, 0.1) is 15.9 Å². The number of urea groups is 1. The zero-order valence-electron chi connectivity index (χ0n) is 11.0. The minimum Gasteiger partial charge on any atom is -0.474 e. The number of hydrogen-bond acceptors (Lipinski definition) is 5. The zero-order valence-corrected chi connectivity index (χ0v) is 11.0. The Hall–Kier alpha value is -2.71. The Morgan fingerprint density at radius 3 is 2.86 bits per heavy atom. The predicted molar refractivity (Wildman–Crippen MR) is 68.3 cm³/mol. The van der Waals surface area contributed by atoms with Crippen molar-refractivity contribution in [2.45, 2.75) is 13.0 Å². The second-order valence-electron chi connectivity index (χ2n) is 4.35. The Labute approximate surface area is 118 Å². The number of halogens is 1. The van der Waals surface area contributed by atoms with Crippen molar-refractivity contribution in [3.63, 3.8) is 0 Å². The summed E-state index contributed by atoms with van der Waals surface area (Å²) < 4.78 is 18.3. The number of amides is 3. The summed E-state index contributed by atoms with van der Waals surface area (Å²) in [7, 11) is 0. The van der Waals surface area contributed by atoms with Gasteiger partial charge in [0.2, 0.25) is 5.75 Å². The van der Waals surface area contributed by atoms with Crippen LogP contribution in [0.5, 0.6) is 5.75 Å². The number of nitrogens with zero attached hydrogens (tertiary/aromatic N) is 2. The Balaban J connectivity index is 2.17. The molecule has 3 amide bonds. The Kier molecular flexibility index (Phi) is 4.01. The quantitative estimate of drug-likeness (QED) is 0.661. The van der Waals surface area contributed by atoms with Crippen LogP contribution in [-0.2, 0) is 4.79 Å². The van der Waals surface area contributed by atoms with E-state index in [1.807, 2.05) is 0 Å². The third-order valence-corrected chi connectivity index (χ3v) is 2.89. The SMILES string of the molecule is CC(Oc1cc(F)ccc1[N+](=O)[O-])C(=O)N1CCNC1=O. The molecule has 0 saturated carbocycles. The molecule has 1 unspecified atom stereocenters. The average molecular weight is 297 g/mol. The molecule has 1 aliphatic heterocycles. The first-order chi connectivity index (χ1) is 9.90. The van der Waals surface area contributed by atoms with E-state index in [0.717, 1.165) is 23.1 Å². The largest absolute Gasteiger partial charge is 0.474 e. The first-order valence-corrected chi connectivity index (χ1v) is 6.10. The van der Waals surface area contributed by atoms with Gasteiger partial charge in [-0.2, -0.15) is 0 Å². The zero-order chi connectivity index (χ0) is 15.6. The van der Waals surface area contributed by atoms with Gasteiger partial charge in [0.05, 0.1) is 4.92 Å². The summed E-state index contributed by atoms with van der Waals surface area (Å²) in [6.45, 7) is 1.86. The van der Waals surface area contributed by atoms with Crippen molar-refractivity contribution in [2.24, 2.45) is 0 Å². The molecule has 1 saturated heterocycles. The molecule has 1 N–H and O–H groups in total. The van der Waals surface area contributed by atoms with E-state index in [2.05, 4.69) is 5.32 Å². The number of ether oxygens (including phenoxy) is 1. The summed E-state index contributed by atoms with van der Waals surface area (Å²) in [5.74, 6) is -1.74. The monoisotopic (exact) mass is 297 g/mol. The number of hydrogen-bond donors (Lipinski definition) is 1. The van der Waals surface area contributed by atoms with Gasteiger partial charge in [-0.05, 0) is 13.0 Å². The van der Waals surface area contributed by atoms with Gasteiger partial charge in [0, 0.05) is 25.2 Å². The van der Waals surface area contributed by atoms with E-state index in [0.29, 0.717) is 6.54 Å². The van der Waals surface area contributed by atoms with E-state index in [1.165, 1.54) is 6.92 Å². The molecule has 1 fully saturated rings. The first kappa shape index (κ1) is 14.7. The number of imide groups is 1. The number of benzene rings is 1. The third-order valence-electron chi connectivity index (χ3n) is 2.89. The van der Waals surface area contributed by atoms with Gasteiger partial charge in [-0.25, -0.2) is 9.18 Å². The molecule has 1 aromatic carbocycles. The first-order valence-electron chi connectivity index (χ1n) is 6.10. The van der Waals surface area contributed by atoms with Gasteiger partial charge >= 0.3 is 11.7 Å². The molecule has 9 heteroatoms. The number of rotatable bonds is 4. The van der Waals surface area contributed by atoms with Crippen molar-refractivity contribution in [2.75, 3.05) is 13.1 Å². The lowest BCUT2D eigenvalue weighted by Gasteiger charge is -2.18. The molecule has 2 rings (SSSR count). The molecule has 21 heavy (non-hydrogen) atoms. The van der Waals surface area contributed by atoms with Crippen molar-refractivity contribution in [3.05, 3.63) is 34.1 Å². The van der Waals surface area contributed by atoms with Crippen LogP contribution in [0.3, 0.4) is 0 Å². The highest BCUT2D eigenvalue weighted by molar-refractivity contribution is 5.97. The molecule has 1 aromatic rings. The number of nitrogens with one attached hydrogen (secondary N) is 1. The van der Waals surface area contributed by atoms with E-state index in [1.54, 1.807) is 0 Å². The van der Waals surface area contributed by atoms with Gasteiger partial charge in [0.25, 0.3) is 5.91 Å². The van der Waals surface area contributed by atoms with Crippen LogP contribution in [0.15, 0.2) is 18.2 Å². The molecule has 1 heterocycles. The summed E-state index contributed by atoms with van der Waals surface area (Å²) in [4.78, 5) is 34.4. The van der Waals surface area contributed by atoms with Crippen LogP contribution in [0.25, 0.3) is 0 Å². The maximum atomic E-state index is 13.2. The van der Waals surface area contributed by atoms with E-state index in [-0.39, 0.29) is 12.3 Å². The predicted octanol–water partition coefficient (Wildman–Crippen LogP) is 1.05. The fourth-order valence-electron chi connectivity index (χ4n) is 1.88. The molecular formula is C12H12FN3O5. The minimum absolute atomic E-state index is 0.191. The van der Waals surface area contributed by atoms with Crippen LogP contribution >= 0.6 is 0 Å². The van der Waals surface area contributed by atoms with Gasteiger partial charge in [0.15, 0.2) is 6.10 Å². The standard InChI is InChI=1S/C12H12FN3O5/c1-7(11(17)15-5-4-14-12(15)18)21-10-6-8(13)2-3-9(10)16(19)20/h2-3,6-7H,4-5H2,1H3,(H,14,18). The second-order valence-corrected chi connectivity index (χ2v) is 4.35. The number of carbonyl (C=O) groups is 2. The highest BCUT2D eigenvalue weighted by Gasteiger charge is 2.31. The van der Waals surface area contributed by atoms with Crippen molar-refractivity contribution in [1.29, 1.82) is 0 Å². The molecule has 0 aromatic heterocycles. The summed E-state index contributed by atoms with van der Waals surface area (Å²) in [6.07, 6.45) is -1.16. The lowest BCUT2D eigenvalue weighted by atomic mass is 10.2. The van der Waals surface area contributed by atoms with Crippen LogP contribution in [-0.4, -0.2) is 41.0 Å². The smallest absolute Gasteiger partial charge is 0.324 e. The van der Waals surface area contributed by atoms with Crippen molar-refractivity contribution < 1.29 is 23.6 Å². The van der Waals surface area contributed by atoms with Gasteiger partial charge in [0.1, 0.15) is 5.82 Å². The fraction of sp³-hybridized carbons (Fsp3) is 0.333. The van der Waals surface area contributed by atoms with Crippen LogP contribution < -0.4 is 10.1 Å². The highest BCUT2D eigenvalue weighted by atomic mass is 19.1. The van der Waals surface area contributed by atoms with Crippen LogP contribution in [0.2, 0.25) is 0 Å². The molecule has 112 valence electrons. The molecule has 0 radical (unpaired) electrons. The van der Waals surface area contributed by atoms with Crippen molar-refractivity contribution >= 4 is 17.6 Å². The van der Waals surface area contributed by atoms with E-state index in [4.69, 9.17) is 4.74 Å². The lowest BCUT2D eigenvalue weighted by Crippen LogP contribution is -2.42. The van der Waals surface area contributed by atoms with Crippen LogP contribution in [0.4, 0.5) is 14.9 Å². The molecule has 0 aliphatic carbocycles. The van der Waals surface area contributed by atoms with Crippen molar-refractivity contribution in [3.8, 4) is 5.75 Å². The van der Waals surface area contributed by atoms with E-state index >= 15 is 0 Å². The van der Waals surface area contributed by atoms with Gasteiger partial charge in [-0.1, -0.05) is 0 Å². The summed E-state index contributed by atoms with van der Waals surface area (Å²) in [5, 5.41) is 13.3. The fourth-order valence-corrected chi connectivity index (χ4v) is 1.88. The Morgan fingerprint density at radius 2 is 2.29 bits per heavy atom. The molecule has 8 nitrogen and oxygen atoms in total. The normalized spacial score (nSPS) is 15.5. The maximum absolute atomic E-state index is 13.2. The summed E-state index contributed by atoms with van der Waals surface area (Å²) in [5.41, 5.74) is -0.457. The van der Waals surface area contributed by atoms with E-state index in [9.17, 15) is 24.1 Å². The number of nitro groups is 1. The maximum Gasteiger partial charge on any atom is 0.324 e. The molecule has 1 aliphatic rings. The highest BCUT2D eigenvalue weighted by Crippen LogP contribution is 2.28. The third kappa shape index (κ3) is 3.07. The topological polar surface area (TPSA) is 102 Å². The molecule has 0 bridgehead atoms. The minimum atomic E-state index is -1.16. The molecular weight excluding hydrogens is 285 g/mol. The number of nitro benzene ring substituents is 1. The lowest BCUT2D eigenvalue weighted by molar-refractivity contribution is -0.386. The molecule has 0 spiro atoms. The Bertz CT molecular complexity index is 607. The number of carbonyl (C=O) groups excluding carboxylic acids is 2. The van der Waals surface area contributed by atoms with Gasteiger partial charge < -0.3 is 10.1 Å². The summed E-state index contributed by atoms with van der Waals surface area (Å²) >= 11 is 0. The van der Waals surface area contributed by atoms with E-state index < -0.39 is 34.5 Å². The van der Waals surface area contributed by atoms with Crippen molar-refractivity contribution in [1.82, 2.24) is 10.2 Å². The average Bonchev–Trinajstić information content (AvgIpc) is 2.83. The van der Waals surface area contributed by atoms with Gasteiger partial charge in [-0.15, -0.1) is 0 Å².